The molecule has 0 amide bonds. The van der Waals surface area contributed by atoms with Gasteiger partial charge < -0.3 is 10.1 Å². The number of hydrogen-bond donors (Lipinski definition) is 1. The second-order valence-corrected chi connectivity index (χ2v) is 5.00. The standard InChI is InChI=1S/C14H20N2O/c1-3-13(15-14-5-6-14)4-2-12(1)11-16-7-9-17-10-8-16/h1-4,14-15H,5-11H2. The fourth-order valence-electron chi connectivity index (χ4n) is 2.19. The minimum absolute atomic E-state index is 0.736. The number of morpholine rings is 1. The van der Waals surface area contributed by atoms with Gasteiger partial charge in [-0.05, 0) is 30.5 Å². The summed E-state index contributed by atoms with van der Waals surface area (Å²) in [5, 5.41) is 3.51. The Hall–Kier alpha value is -1.06. The van der Waals surface area contributed by atoms with Gasteiger partial charge in [-0.15, -0.1) is 0 Å². The summed E-state index contributed by atoms with van der Waals surface area (Å²) in [5.41, 5.74) is 2.66. The van der Waals surface area contributed by atoms with Gasteiger partial charge >= 0.3 is 0 Å². The molecule has 1 saturated carbocycles. The smallest absolute Gasteiger partial charge is 0.0594 e. The van der Waals surface area contributed by atoms with Crippen LogP contribution in [0.1, 0.15) is 18.4 Å². The van der Waals surface area contributed by atoms with Crippen molar-refractivity contribution in [3.05, 3.63) is 29.8 Å². The molecule has 0 spiro atoms. The predicted molar refractivity (Wildman–Crippen MR) is 69.2 cm³/mol. The van der Waals surface area contributed by atoms with Crippen LogP contribution in [0.2, 0.25) is 0 Å². The highest BCUT2D eigenvalue weighted by Gasteiger charge is 2.20. The predicted octanol–water partition coefficient (Wildman–Crippen LogP) is 2.09. The van der Waals surface area contributed by atoms with Gasteiger partial charge in [0.15, 0.2) is 0 Å². The molecule has 1 aliphatic carbocycles. The van der Waals surface area contributed by atoms with E-state index in [2.05, 4.69) is 34.5 Å². The van der Waals surface area contributed by atoms with E-state index < -0.39 is 0 Å². The maximum atomic E-state index is 5.36. The minimum atomic E-state index is 0.736. The molecule has 3 heteroatoms. The zero-order chi connectivity index (χ0) is 11.5. The van der Waals surface area contributed by atoms with Crippen molar-refractivity contribution < 1.29 is 4.74 Å². The fraction of sp³-hybridized carbons (Fsp3) is 0.571. The molecule has 2 fully saturated rings. The molecule has 0 aromatic heterocycles. The van der Waals surface area contributed by atoms with E-state index in [1.807, 2.05) is 0 Å². The summed E-state index contributed by atoms with van der Waals surface area (Å²) in [7, 11) is 0. The average Bonchev–Trinajstić information content (AvgIpc) is 3.17. The molecule has 1 saturated heterocycles. The van der Waals surface area contributed by atoms with Gasteiger partial charge in [-0.2, -0.15) is 0 Å². The third-order valence-electron chi connectivity index (χ3n) is 3.41. The summed E-state index contributed by atoms with van der Waals surface area (Å²) in [6.07, 6.45) is 2.66. The van der Waals surface area contributed by atoms with Gasteiger partial charge in [0.2, 0.25) is 0 Å². The van der Waals surface area contributed by atoms with Crippen LogP contribution in [-0.4, -0.2) is 37.2 Å². The lowest BCUT2D eigenvalue weighted by atomic mass is 10.2. The molecule has 17 heavy (non-hydrogen) atoms. The lowest BCUT2D eigenvalue weighted by Crippen LogP contribution is -2.35. The van der Waals surface area contributed by atoms with Gasteiger partial charge in [0.25, 0.3) is 0 Å². The summed E-state index contributed by atoms with van der Waals surface area (Å²) in [5.74, 6) is 0. The highest BCUT2D eigenvalue weighted by molar-refractivity contribution is 5.46. The monoisotopic (exact) mass is 232 g/mol. The number of nitrogens with zero attached hydrogens (tertiary/aromatic N) is 1. The minimum Gasteiger partial charge on any atom is -0.382 e. The lowest BCUT2D eigenvalue weighted by Gasteiger charge is -2.26. The molecule has 3 nitrogen and oxygen atoms in total. The van der Waals surface area contributed by atoms with E-state index in [9.17, 15) is 0 Å². The van der Waals surface area contributed by atoms with Gasteiger partial charge in [-0.1, -0.05) is 12.1 Å². The van der Waals surface area contributed by atoms with Crippen molar-refractivity contribution in [2.75, 3.05) is 31.6 Å². The topological polar surface area (TPSA) is 24.5 Å². The maximum Gasteiger partial charge on any atom is 0.0594 e. The summed E-state index contributed by atoms with van der Waals surface area (Å²) in [4.78, 5) is 2.45. The largest absolute Gasteiger partial charge is 0.382 e. The quantitative estimate of drug-likeness (QED) is 0.860. The number of hydrogen-bond acceptors (Lipinski definition) is 3. The van der Waals surface area contributed by atoms with Gasteiger partial charge in [0, 0.05) is 31.4 Å². The normalized spacial score (nSPS) is 21.4. The Morgan fingerprint density at radius 2 is 1.82 bits per heavy atom. The van der Waals surface area contributed by atoms with Gasteiger partial charge in [0.1, 0.15) is 0 Å². The van der Waals surface area contributed by atoms with Crippen LogP contribution >= 0.6 is 0 Å². The van der Waals surface area contributed by atoms with E-state index in [-0.39, 0.29) is 0 Å². The van der Waals surface area contributed by atoms with Crippen molar-refractivity contribution in [3.63, 3.8) is 0 Å². The van der Waals surface area contributed by atoms with Crippen LogP contribution in [0.3, 0.4) is 0 Å². The first-order valence-electron chi connectivity index (χ1n) is 6.56. The third-order valence-corrected chi connectivity index (χ3v) is 3.41. The Morgan fingerprint density at radius 3 is 2.47 bits per heavy atom. The van der Waals surface area contributed by atoms with Crippen molar-refractivity contribution in [2.24, 2.45) is 0 Å². The fourth-order valence-corrected chi connectivity index (χ4v) is 2.19. The molecule has 1 N–H and O–H groups in total. The summed E-state index contributed by atoms with van der Waals surface area (Å²) < 4.78 is 5.36. The van der Waals surface area contributed by atoms with Crippen LogP contribution in [0.5, 0.6) is 0 Å². The Morgan fingerprint density at radius 1 is 1.12 bits per heavy atom. The first-order chi connectivity index (χ1) is 8.40. The van der Waals surface area contributed by atoms with Crippen LogP contribution in [0, 0.1) is 0 Å². The Labute approximate surface area is 103 Å². The van der Waals surface area contributed by atoms with Crippen molar-refractivity contribution >= 4 is 5.69 Å². The molecule has 0 atom stereocenters. The SMILES string of the molecule is c1cc(NC2CC2)ccc1CN1CCOCC1. The van der Waals surface area contributed by atoms with Crippen LogP contribution in [0.15, 0.2) is 24.3 Å². The van der Waals surface area contributed by atoms with Crippen molar-refractivity contribution in [3.8, 4) is 0 Å². The number of ether oxygens (including phenoxy) is 1. The molecule has 0 radical (unpaired) electrons. The van der Waals surface area contributed by atoms with E-state index in [1.165, 1.54) is 24.1 Å². The Bertz CT molecular complexity index is 353. The summed E-state index contributed by atoms with van der Waals surface area (Å²) in [6, 6.07) is 9.61. The zero-order valence-corrected chi connectivity index (χ0v) is 10.2. The Balaban J connectivity index is 1.55. The molecule has 2 aliphatic rings. The molecule has 1 heterocycles. The summed E-state index contributed by atoms with van der Waals surface area (Å²) in [6.45, 7) is 4.92. The molecule has 0 bridgehead atoms. The van der Waals surface area contributed by atoms with E-state index >= 15 is 0 Å². The first-order valence-corrected chi connectivity index (χ1v) is 6.56. The molecule has 0 unspecified atom stereocenters. The van der Waals surface area contributed by atoms with Crippen molar-refractivity contribution in [1.29, 1.82) is 0 Å². The number of anilines is 1. The second kappa shape index (κ2) is 5.07. The number of rotatable bonds is 4. The molecule has 1 aromatic carbocycles. The molecular weight excluding hydrogens is 212 g/mol. The van der Waals surface area contributed by atoms with E-state index in [0.717, 1.165) is 38.9 Å². The van der Waals surface area contributed by atoms with Crippen molar-refractivity contribution in [1.82, 2.24) is 4.90 Å². The lowest BCUT2D eigenvalue weighted by molar-refractivity contribution is 0.0342. The van der Waals surface area contributed by atoms with Crippen molar-refractivity contribution in [2.45, 2.75) is 25.4 Å². The highest BCUT2D eigenvalue weighted by Crippen LogP contribution is 2.24. The molecule has 3 rings (SSSR count). The maximum absolute atomic E-state index is 5.36. The molecular formula is C14H20N2O. The summed E-state index contributed by atoms with van der Waals surface area (Å²) >= 11 is 0. The van der Waals surface area contributed by atoms with Gasteiger partial charge in [-0.3, -0.25) is 4.90 Å². The second-order valence-electron chi connectivity index (χ2n) is 5.00. The Kier molecular flexibility index (Phi) is 3.29. The zero-order valence-electron chi connectivity index (χ0n) is 10.2. The first kappa shape index (κ1) is 11.1. The number of benzene rings is 1. The molecule has 1 aromatic rings. The van der Waals surface area contributed by atoms with Crippen LogP contribution in [0.25, 0.3) is 0 Å². The van der Waals surface area contributed by atoms with E-state index in [4.69, 9.17) is 4.74 Å². The van der Waals surface area contributed by atoms with Gasteiger partial charge in [-0.25, -0.2) is 0 Å². The van der Waals surface area contributed by atoms with Crippen LogP contribution in [-0.2, 0) is 11.3 Å². The van der Waals surface area contributed by atoms with E-state index in [0.29, 0.717) is 0 Å². The van der Waals surface area contributed by atoms with Gasteiger partial charge in [0.05, 0.1) is 13.2 Å². The third kappa shape index (κ3) is 3.20. The van der Waals surface area contributed by atoms with E-state index in [1.54, 1.807) is 0 Å². The molecule has 1 aliphatic heterocycles. The van der Waals surface area contributed by atoms with Crippen LogP contribution in [0.4, 0.5) is 5.69 Å². The van der Waals surface area contributed by atoms with Crippen LogP contribution < -0.4 is 5.32 Å². The highest BCUT2D eigenvalue weighted by atomic mass is 16.5. The molecule has 92 valence electrons. The number of nitrogens with one attached hydrogen (secondary N) is 1. The average molecular weight is 232 g/mol.